The van der Waals surface area contributed by atoms with E-state index in [4.69, 9.17) is 5.11 Å². The number of hydrogen-bond acceptors (Lipinski definition) is 2. The molecule has 1 aromatic heterocycles. The monoisotopic (exact) mass is 234 g/mol. The summed E-state index contributed by atoms with van der Waals surface area (Å²) in [4.78, 5) is 15.2. The number of carboxylic acids is 1. The molecule has 1 aromatic rings. The molecule has 1 N–H and O–H groups in total. The van der Waals surface area contributed by atoms with E-state index in [2.05, 4.69) is 4.98 Å². The first kappa shape index (κ1) is 10.8. The highest BCUT2D eigenvalue weighted by Crippen LogP contribution is 2.48. The second-order valence-electron chi connectivity index (χ2n) is 5.54. The number of hydrogen-bond donors (Lipinski definition) is 1. The lowest BCUT2D eigenvalue weighted by molar-refractivity contribution is 0.0682. The summed E-state index contributed by atoms with van der Waals surface area (Å²) in [6.45, 7) is 2.73. The summed E-state index contributed by atoms with van der Waals surface area (Å²) in [6, 6.07) is 0. The molecule has 2 aliphatic rings. The van der Waals surface area contributed by atoms with Crippen molar-refractivity contribution in [2.24, 2.45) is 17.8 Å². The summed E-state index contributed by atoms with van der Waals surface area (Å²) in [5.74, 6) is 2.35. The van der Waals surface area contributed by atoms with Gasteiger partial charge in [0.1, 0.15) is 11.5 Å². The minimum Gasteiger partial charge on any atom is -0.477 e. The number of aromatic carboxylic acids is 1. The lowest BCUT2D eigenvalue weighted by atomic mass is 9.89. The highest BCUT2D eigenvalue weighted by atomic mass is 16.4. The SMILES string of the molecule is Cc1ncc(C(=O)O)n1CC1CC2CCC1C2. The number of nitrogens with zero attached hydrogens (tertiary/aromatic N) is 2. The molecular formula is C13H18N2O2. The number of imidazole rings is 1. The second-order valence-corrected chi connectivity index (χ2v) is 5.54. The number of rotatable bonds is 3. The van der Waals surface area contributed by atoms with Crippen LogP contribution in [0.15, 0.2) is 6.20 Å². The largest absolute Gasteiger partial charge is 0.477 e. The highest BCUT2D eigenvalue weighted by Gasteiger charge is 2.39. The van der Waals surface area contributed by atoms with E-state index in [1.54, 1.807) is 0 Å². The smallest absolute Gasteiger partial charge is 0.354 e. The zero-order chi connectivity index (χ0) is 12.0. The van der Waals surface area contributed by atoms with Crippen molar-refractivity contribution in [3.05, 3.63) is 17.7 Å². The first-order chi connectivity index (χ1) is 8.15. The number of aromatic nitrogens is 2. The fourth-order valence-electron chi connectivity index (χ4n) is 3.70. The third-order valence-corrected chi connectivity index (χ3v) is 4.58. The Labute approximate surface area is 101 Å². The molecule has 0 aromatic carbocycles. The van der Waals surface area contributed by atoms with Crippen LogP contribution >= 0.6 is 0 Å². The molecule has 0 radical (unpaired) electrons. The molecule has 0 spiro atoms. The van der Waals surface area contributed by atoms with Crippen molar-refractivity contribution in [2.75, 3.05) is 0 Å². The van der Waals surface area contributed by atoms with Crippen molar-refractivity contribution in [2.45, 2.75) is 39.2 Å². The van der Waals surface area contributed by atoms with Gasteiger partial charge in [-0.3, -0.25) is 0 Å². The molecule has 2 fully saturated rings. The topological polar surface area (TPSA) is 55.1 Å². The summed E-state index contributed by atoms with van der Waals surface area (Å²) in [7, 11) is 0. The molecule has 3 unspecified atom stereocenters. The van der Waals surface area contributed by atoms with Gasteiger partial charge in [-0.1, -0.05) is 6.42 Å². The molecule has 3 atom stereocenters. The van der Waals surface area contributed by atoms with E-state index >= 15 is 0 Å². The molecule has 2 aliphatic carbocycles. The molecule has 4 nitrogen and oxygen atoms in total. The maximum absolute atomic E-state index is 11.1. The summed E-state index contributed by atoms with van der Waals surface area (Å²) >= 11 is 0. The Morgan fingerprint density at radius 1 is 1.53 bits per heavy atom. The third-order valence-electron chi connectivity index (χ3n) is 4.58. The molecule has 0 amide bonds. The van der Waals surface area contributed by atoms with Crippen LogP contribution in [0.25, 0.3) is 0 Å². The standard InChI is InChI=1S/C13H18N2O2/c1-8-14-6-12(13(16)17)15(8)7-11-5-9-2-3-10(11)4-9/h6,9-11H,2-5,7H2,1H3,(H,16,17). The van der Waals surface area contributed by atoms with Gasteiger partial charge in [0.15, 0.2) is 0 Å². The van der Waals surface area contributed by atoms with Gasteiger partial charge in [0.25, 0.3) is 0 Å². The van der Waals surface area contributed by atoms with E-state index in [1.165, 1.54) is 31.9 Å². The quantitative estimate of drug-likeness (QED) is 0.873. The Hall–Kier alpha value is -1.32. The van der Waals surface area contributed by atoms with E-state index in [0.717, 1.165) is 24.2 Å². The van der Waals surface area contributed by atoms with E-state index in [-0.39, 0.29) is 0 Å². The van der Waals surface area contributed by atoms with Crippen LogP contribution in [0.3, 0.4) is 0 Å². The van der Waals surface area contributed by atoms with Gasteiger partial charge < -0.3 is 9.67 Å². The van der Waals surface area contributed by atoms with Crippen molar-refractivity contribution in [3.8, 4) is 0 Å². The average Bonchev–Trinajstić information content (AvgIpc) is 2.95. The summed E-state index contributed by atoms with van der Waals surface area (Å²) in [5.41, 5.74) is 0.338. The minimum absolute atomic E-state index is 0.338. The Bertz CT molecular complexity index is 452. The van der Waals surface area contributed by atoms with Crippen molar-refractivity contribution in [3.63, 3.8) is 0 Å². The molecule has 3 rings (SSSR count). The van der Waals surface area contributed by atoms with E-state index < -0.39 is 5.97 Å². The van der Waals surface area contributed by atoms with Crippen molar-refractivity contribution in [1.29, 1.82) is 0 Å². The molecular weight excluding hydrogens is 216 g/mol. The number of carbonyl (C=O) groups is 1. The Morgan fingerprint density at radius 3 is 2.94 bits per heavy atom. The number of fused-ring (bicyclic) bond motifs is 2. The van der Waals surface area contributed by atoms with E-state index in [1.807, 2.05) is 11.5 Å². The molecule has 0 aliphatic heterocycles. The van der Waals surface area contributed by atoms with Crippen LogP contribution < -0.4 is 0 Å². The molecule has 2 bridgehead atoms. The van der Waals surface area contributed by atoms with Crippen LogP contribution in [0.2, 0.25) is 0 Å². The van der Waals surface area contributed by atoms with Crippen molar-refractivity contribution >= 4 is 5.97 Å². The maximum atomic E-state index is 11.1. The summed E-state index contributed by atoms with van der Waals surface area (Å²) < 4.78 is 1.88. The first-order valence-electron chi connectivity index (χ1n) is 6.40. The Morgan fingerprint density at radius 2 is 2.35 bits per heavy atom. The second kappa shape index (κ2) is 3.86. The Balaban J connectivity index is 1.81. The van der Waals surface area contributed by atoms with Crippen LogP contribution in [-0.2, 0) is 6.54 Å². The molecule has 1 heterocycles. The van der Waals surface area contributed by atoms with E-state index in [0.29, 0.717) is 11.6 Å². The molecule has 92 valence electrons. The summed E-state index contributed by atoms with van der Waals surface area (Å²) in [5, 5.41) is 9.12. The lowest BCUT2D eigenvalue weighted by Crippen LogP contribution is -2.20. The van der Waals surface area contributed by atoms with Gasteiger partial charge >= 0.3 is 5.97 Å². The maximum Gasteiger partial charge on any atom is 0.354 e. The van der Waals surface area contributed by atoms with Gasteiger partial charge in [-0.25, -0.2) is 9.78 Å². The molecule has 4 heteroatoms. The van der Waals surface area contributed by atoms with E-state index in [9.17, 15) is 4.79 Å². The van der Waals surface area contributed by atoms with Crippen molar-refractivity contribution < 1.29 is 9.90 Å². The molecule has 2 saturated carbocycles. The lowest BCUT2D eigenvalue weighted by Gasteiger charge is -2.23. The van der Waals surface area contributed by atoms with Gasteiger partial charge in [-0.05, 0) is 43.9 Å². The van der Waals surface area contributed by atoms with Gasteiger partial charge in [0.05, 0.1) is 6.20 Å². The van der Waals surface area contributed by atoms with Crippen molar-refractivity contribution in [1.82, 2.24) is 9.55 Å². The fourth-order valence-corrected chi connectivity index (χ4v) is 3.70. The van der Waals surface area contributed by atoms with Gasteiger partial charge in [0, 0.05) is 6.54 Å². The van der Waals surface area contributed by atoms with Crippen LogP contribution in [0, 0.1) is 24.7 Å². The number of aryl methyl sites for hydroxylation is 1. The first-order valence-corrected chi connectivity index (χ1v) is 6.40. The van der Waals surface area contributed by atoms with Crippen LogP contribution in [-0.4, -0.2) is 20.6 Å². The van der Waals surface area contributed by atoms with Crippen LogP contribution in [0.4, 0.5) is 0 Å². The summed E-state index contributed by atoms with van der Waals surface area (Å²) in [6.07, 6.45) is 6.84. The third kappa shape index (κ3) is 1.75. The van der Waals surface area contributed by atoms with Gasteiger partial charge in [-0.2, -0.15) is 0 Å². The molecule has 0 saturated heterocycles. The van der Waals surface area contributed by atoms with Crippen LogP contribution in [0.1, 0.15) is 42.0 Å². The predicted molar refractivity (Wildman–Crippen MR) is 62.9 cm³/mol. The predicted octanol–water partition coefficient (Wildman–Crippen LogP) is 2.33. The zero-order valence-corrected chi connectivity index (χ0v) is 10.1. The minimum atomic E-state index is -0.867. The number of carboxylic acid groups (broad SMARTS) is 1. The average molecular weight is 234 g/mol. The fraction of sp³-hybridized carbons (Fsp3) is 0.692. The highest BCUT2D eigenvalue weighted by molar-refractivity contribution is 5.85. The van der Waals surface area contributed by atoms with Crippen LogP contribution in [0.5, 0.6) is 0 Å². The molecule has 17 heavy (non-hydrogen) atoms. The zero-order valence-electron chi connectivity index (χ0n) is 10.1. The Kier molecular flexibility index (Phi) is 2.45. The van der Waals surface area contributed by atoms with Gasteiger partial charge in [0.2, 0.25) is 0 Å². The normalized spacial score (nSPS) is 31.0. The van der Waals surface area contributed by atoms with Gasteiger partial charge in [-0.15, -0.1) is 0 Å².